The fourth-order valence-electron chi connectivity index (χ4n) is 6.03. The van der Waals surface area contributed by atoms with E-state index in [-0.39, 0.29) is 32.3 Å². The number of nitrogens with zero attached hydrogens (tertiary/aromatic N) is 3. The summed E-state index contributed by atoms with van der Waals surface area (Å²) in [5.74, 6) is 0.748. The Kier molecular flexibility index (Phi) is 13.4. The van der Waals surface area contributed by atoms with Crippen molar-refractivity contribution < 1.29 is 30.3 Å². The predicted octanol–water partition coefficient (Wildman–Crippen LogP) is 9.08. The van der Waals surface area contributed by atoms with Crippen molar-refractivity contribution in [3.63, 3.8) is 0 Å². The molecule has 0 bridgehead atoms. The summed E-state index contributed by atoms with van der Waals surface area (Å²) in [4.78, 5) is 8.86. The van der Waals surface area contributed by atoms with Crippen LogP contribution in [0, 0.1) is 18.8 Å². The van der Waals surface area contributed by atoms with Crippen LogP contribution in [0.2, 0.25) is 0 Å². The van der Waals surface area contributed by atoms with E-state index in [4.69, 9.17) is 10.2 Å². The van der Waals surface area contributed by atoms with Gasteiger partial charge in [-0.1, -0.05) is 55.7 Å². The molecular weight excluding hydrogens is 747 g/mol. The molecule has 0 saturated heterocycles. The van der Waals surface area contributed by atoms with Crippen LogP contribution in [-0.4, -0.2) is 34.5 Å². The molecule has 1 saturated carbocycles. The van der Waals surface area contributed by atoms with Gasteiger partial charge in [0.1, 0.15) is 0 Å². The Balaban J connectivity index is 0.000000176. The number of anilines is 3. The predicted molar refractivity (Wildman–Crippen MR) is 186 cm³/mol. The number of hydrogen-bond acceptors (Lipinski definition) is 5. The van der Waals surface area contributed by atoms with Crippen LogP contribution in [0.4, 0.5) is 17.1 Å². The third kappa shape index (κ3) is 9.49. The van der Waals surface area contributed by atoms with Crippen molar-refractivity contribution in [3.8, 4) is 11.3 Å². The quantitative estimate of drug-likeness (QED) is 0.174. The first kappa shape index (κ1) is 35.3. The molecule has 240 valence electrons. The van der Waals surface area contributed by atoms with Gasteiger partial charge in [0.25, 0.3) is 0 Å². The van der Waals surface area contributed by atoms with Crippen LogP contribution in [0.15, 0.2) is 103 Å². The Morgan fingerprint density at radius 3 is 2.11 bits per heavy atom. The smallest absolute Gasteiger partial charge is 0.504 e. The molecule has 5 aromatic rings. The standard InChI is InChI=1S/C21H20N.C14H12N2.C5H12O2.Ir/c1-3-7-16(8-4-1)18-11-12-19-15-22-21(14-20(19)13-18)17-9-5-2-6-10-17;1-15-11-16(12-7-3-2-4-8-12)14-10-6-5-9-13(14)15;1-4(6)3-5(2)7;/h2,5-6,9,11-16H,1,3-4,7-8H2;2-7,9-11H,1H3;4-7H,3H2,1-2H3;/q-1;-2;;+3. The maximum Gasteiger partial charge on any atom is 3.00 e. The van der Waals surface area contributed by atoms with Gasteiger partial charge in [-0.25, -0.2) is 0 Å². The third-order valence-corrected chi connectivity index (χ3v) is 8.25. The Hall–Kier alpha value is -3.54. The molecule has 1 fully saturated rings. The summed E-state index contributed by atoms with van der Waals surface area (Å²) in [6.07, 6.45) is 8.55. The Labute approximate surface area is 288 Å². The minimum absolute atomic E-state index is 0. The first-order valence-electron chi connectivity index (χ1n) is 16.0. The molecule has 2 heterocycles. The van der Waals surface area contributed by atoms with Crippen LogP contribution in [-0.2, 0) is 20.1 Å². The van der Waals surface area contributed by atoms with Gasteiger partial charge in [-0.2, -0.15) is 37.0 Å². The topological polar surface area (TPSA) is 59.8 Å². The molecule has 46 heavy (non-hydrogen) atoms. The average Bonchev–Trinajstić information content (AvgIpc) is 3.41. The van der Waals surface area contributed by atoms with Gasteiger partial charge >= 0.3 is 20.1 Å². The number of aromatic nitrogens is 1. The summed E-state index contributed by atoms with van der Waals surface area (Å²) in [6.45, 7) is 5.40. The van der Waals surface area contributed by atoms with E-state index in [1.807, 2.05) is 42.6 Å². The van der Waals surface area contributed by atoms with E-state index in [0.29, 0.717) is 6.42 Å². The van der Waals surface area contributed by atoms with Crippen molar-refractivity contribution in [2.75, 3.05) is 16.8 Å². The zero-order valence-electron chi connectivity index (χ0n) is 26.9. The molecule has 2 N–H and O–H groups in total. The van der Waals surface area contributed by atoms with E-state index in [1.54, 1.807) is 13.8 Å². The van der Waals surface area contributed by atoms with Crippen molar-refractivity contribution >= 4 is 27.8 Å². The number of pyridine rings is 1. The average molecular weight is 791 g/mol. The first-order chi connectivity index (χ1) is 21.9. The van der Waals surface area contributed by atoms with Crippen LogP contribution in [0.5, 0.6) is 0 Å². The molecule has 7 rings (SSSR count). The van der Waals surface area contributed by atoms with Crippen LogP contribution >= 0.6 is 0 Å². The Morgan fingerprint density at radius 2 is 1.48 bits per heavy atom. The van der Waals surface area contributed by atoms with Gasteiger partial charge in [-0.3, -0.25) is 0 Å². The van der Waals surface area contributed by atoms with Gasteiger partial charge in [0.05, 0.1) is 12.2 Å². The number of rotatable bonds is 5. The number of aliphatic hydroxyl groups excluding tert-OH is 2. The summed E-state index contributed by atoms with van der Waals surface area (Å²) >= 11 is 0. The van der Waals surface area contributed by atoms with Gasteiger partial charge in [0.15, 0.2) is 0 Å². The molecule has 2 aliphatic rings. The molecule has 2 atom stereocenters. The molecule has 0 amide bonds. The summed E-state index contributed by atoms with van der Waals surface area (Å²) in [5.41, 5.74) is 7.06. The summed E-state index contributed by atoms with van der Waals surface area (Å²) in [5, 5.41) is 19.6. The number of benzene rings is 4. The van der Waals surface area contributed by atoms with E-state index < -0.39 is 0 Å². The molecule has 1 aliphatic carbocycles. The Bertz CT molecular complexity index is 1620. The second-order valence-electron chi connectivity index (χ2n) is 12.1. The van der Waals surface area contributed by atoms with Crippen LogP contribution in [0.25, 0.3) is 22.0 Å². The van der Waals surface area contributed by atoms with Gasteiger partial charge in [0.2, 0.25) is 0 Å². The minimum atomic E-state index is -0.375. The molecule has 1 aromatic heterocycles. The molecule has 6 heteroatoms. The summed E-state index contributed by atoms with van der Waals surface area (Å²) < 4.78 is 0. The number of para-hydroxylation sites is 3. The number of aliphatic hydroxyl groups is 2. The van der Waals surface area contributed by atoms with Crippen LogP contribution in [0.1, 0.15) is 63.9 Å². The molecule has 1 aliphatic heterocycles. The first-order valence-corrected chi connectivity index (χ1v) is 16.0. The van der Waals surface area contributed by atoms with E-state index >= 15 is 0 Å². The molecule has 0 spiro atoms. The van der Waals surface area contributed by atoms with Crippen LogP contribution in [0.3, 0.4) is 0 Å². The van der Waals surface area contributed by atoms with E-state index in [9.17, 15) is 0 Å². The van der Waals surface area contributed by atoms with Crippen molar-refractivity contribution in [3.05, 3.63) is 128 Å². The van der Waals surface area contributed by atoms with Gasteiger partial charge in [0, 0.05) is 17.6 Å². The SMILES string of the molecule is CC(O)CC(C)O.CN1[CH-]N(c2[c-]cccc2)c2ccccc21.[Ir+3].[c-]1ccccc1-c1cc2cc(C3CCCCC3)ccc2cn1. The molecule has 2 unspecified atom stereocenters. The second-order valence-corrected chi connectivity index (χ2v) is 12.1. The molecule has 0 radical (unpaired) electrons. The monoisotopic (exact) mass is 791 g/mol. The van der Waals surface area contributed by atoms with Crippen molar-refractivity contribution in [2.24, 2.45) is 0 Å². The van der Waals surface area contributed by atoms with Crippen molar-refractivity contribution in [1.82, 2.24) is 4.98 Å². The summed E-state index contributed by atoms with van der Waals surface area (Å²) in [6, 6.07) is 40.0. The maximum atomic E-state index is 8.56. The number of hydrogen-bond donors (Lipinski definition) is 2. The van der Waals surface area contributed by atoms with E-state index in [0.717, 1.165) is 22.9 Å². The molecule has 4 aromatic carbocycles. The molecule has 5 nitrogen and oxygen atoms in total. The maximum absolute atomic E-state index is 8.56. The fourth-order valence-corrected chi connectivity index (χ4v) is 6.03. The molecular formula is C40H44IrN3O2. The zero-order valence-corrected chi connectivity index (χ0v) is 29.3. The van der Waals surface area contributed by atoms with Crippen molar-refractivity contribution in [2.45, 2.75) is 70.5 Å². The second kappa shape index (κ2) is 17.4. The van der Waals surface area contributed by atoms with Gasteiger partial charge < -0.3 is 25.0 Å². The van der Waals surface area contributed by atoms with Gasteiger partial charge in [-0.05, 0) is 80.2 Å². The Morgan fingerprint density at radius 1 is 0.804 bits per heavy atom. The number of fused-ring (bicyclic) bond motifs is 2. The minimum Gasteiger partial charge on any atom is -0.504 e. The summed E-state index contributed by atoms with van der Waals surface area (Å²) in [7, 11) is 2.06. The van der Waals surface area contributed by atoms with Gasteiger partial charge in [-0.15, -0.1) is 41.6 Å². The van der Waals surface area contributed by atoms with Crippen LogP contribution < -0.4 is 9.80 Å². The third-order valence-electron chi connectivity index (χ3n) is 8.25. The largest absolute Gasteiger partial charge is 3.00 e. The fraction of sp³-hybridized carbons (Fsp3) is 0.300. The van der Waals surface area contributed by atoms with Crippen molar-refractivity contribution in [1.29, 1.82) is 0 Å². The normalized spacial score (nSPS) is 15.4. The zero-order chi connectivity index (χ0) is 31.6. The van der Waals surface area contributed by atoms with E-state index in [2.05, 4.69) is 101 Å². The van der Waals surface area contributed by atoms with E-state index in [1.165, 1.54) is 59.8 Å².